The molecular formula is C30H36Br4N2O3S. The first-order valence-electron chi connectivity index (χ1n) is 13.4. The smallest absolute Gasteiger partial charge is 0.231 e. The zero-order valence-electron chi connectivity index (χ0n) is 22.8. The second kappa shape index (κ2) is 16.7. The fourth-order valence-electron chi connectivity index (χ4n) is 4.22. The SMILES string of the molecule is CCCCCCCC[S+]([O-])C(C)Cc1ccc2c(c1)OCO2.Nc1c(Br)cc(-c2cc(Br)c(N)c(Br)c2)cc1Br. The summed E-state index contributed by atoms with van der Waals surface area (Å²) in [4.78, 5) is 0. The normalized spacial score (nSPS) is 13.5. The van der Waals surface area contributed by atoms with Crippen molar-refractivity contribution in [1.29, 1.82) is 0 Å². The Labute approximate surface area is 274 Å². The number of rotatable bonds is 11. The van der Waals surface area contributed by atoms with Gasteiger partial charge in [-0.2, -0.15) is 0 Å². The number of halogens is 4. The third kappa shape index (κ3) is 9.83. The summed E-state index contributed by atoms with van der Waals surface area (Å²) in [6.45, 7) is 4.61. The van der Waals surface area contributed by atoms with Crippen LogP contribution in [-0.2, 0) is 17.6 Å². The Hall–Kier alpha value is -0.910. The van der Waals surface area contributed by atoms with Crippen molar-refractivity contribution in [3.05, 3.63) is 65.9 Å². The number of benzene rings is 3. The zero-order valence-corrected chi connectivity index (χ0v) is 29.9. The molecule has 40 heavy (non-hydrogen) atoms. The maximum absolute atomic E-state index is 12.3. The van der Waals surface area contributed by atoms with Crippen molar-refractivity contribution < 1.29 is 14.0 Å². The van der Waals surface area contributed by atoms with Crippen LogP contribution in [0.1, 0.15) is 57.9 Å². The van der Waals surface area contributed by atoms with E-state index >= 15 is 0 Å². The van der Waals surface area contributed by atoms with Gasteiger partial charge in [-0.15, -0.1) is 0 Å². The molecule has 2 atom stereocenters. The number of unbranched alkanes of at least 4 members (excludes halogenated alkanes) is 5. The molecule has 4 rings (SSSR count). The minimum absolute atomic E-state index is 0.191. The van der Waals surface area contributed by atoms with Crippen molar-refractivity contribution in [3.63, 3.8) is 0 Å². The Morgan fingerprint density at radius 3 is 1.82 bits per heavy atom. The van der Waals surface area contributed by atoms with E-state index in [0.717, 1.165) is 59.1 Å². The molecule has 3 aromatic rings. The van der Waals surface area contributed by atoms with Gasteiger partial charge in [0.2, 0.25) is 6.79 Å². The second-order valence-electron chi connectivity index (χ2n) is 9.76. The molecule has 4 N–H and O–H groups in total. The molecule has 0 aromatic heterocycles. The predicted octanol–water partition coefficient (Wildman–Crippen LogP) is 10.0. The number of ether oxygens (including phenoxy) is 2. The van der Waals surface area contributed by atoms with E-state index in [-0.39, 0.29) is 5.25 Å². The first-order chi connectivity index (χ1) is 19.1. The van der Waals surface area contributed by atoms with Crippen LogP contribution in [-0.4, -0.2) is 22.3 Å². The zero-order chi connectivity index (χ0) is 29.2. The summed E-state index contributed by atoms with van der Waals surface area (Å²) in [6.07, 6.45) is 8.32. The van der Waals surface area contributed by atoms with Crippen LogP contribution in [0.3, 0.4) is 0 Å². The topological polar surface area (TPSA) is 93.6 Å². The van der Waals surface area contributed by atoms with Crippen LogP contribution in [0.2, 0.25) is 0 Å². The van der Waals surface area contributed by atoms with Gasteiger partial charge in [-0.05, 0) is 137 Å². The highest BCUT2D eigenvalue weighted by atomic mass is 79.9. The molecule has 1 aliphatic rings. The molecule has 0 saturated heterocycles. The molecule has 0 bridgehead atoms. The molecule has 0 amide bonds. The van der Waals surface area contributed by atoms with Gasteiger partial charge in [0, 0.05) is 24.3 Å². The monoisotopic (exact) mass is 820 g/mol. The molecule has 1 heterocycles. The summed E-state index contributed by atoms with van der Waals surface area (Å²) in [5, 5.41) is 0.191. The van der Waals surface area contributed by atoms with Gasteiger partial charge in [0.15, 0.2) is 11.5 Å². The lowest BCUT2D eigenvalue weighted by molar-refractivity contribution is 0.174. The number of nitrogens with two attached hydrogens (primary N) is 2. The number of anilines is 2. The van der Waals surface area contributed by atoms with Crippen molar-refractivity contribution >= 4 is 86.3 Å². The quantitative estimate of drug-likeness (QED) is 0.114. The van der Waals surface area contributed by atoms with E-state index in [2.05, 4.69) is 77.6 Å². The molecule has 10 heteroatoms. The average molecular weight is 824 g/mol. The highest BCUT2D eigenvalue weighted by Gasteiger charge is 2.19. The molecule has 2 unspecified atom stereocenters. The number of fused-ring (bicyclic) bond motifs is 1. The number of hydrogen-bond acceptors (Lipinski definition) is 5. The highest BCUT2D eigenvalue weighted by Crippen LogP contribution is 2.38. The Morgan fingerprint density at radius 1 is 0.775 bits per heavy atom. The predicted molar refractivity (Wildman–Crippen MR) is 184 cm³/mol. The van der Waals surface area contributed by atoms with Gasteiger partial charge >= 0.3 is 0 Å². The lowest BCUT2D eigenvalue weighted by Crippen LogP contribution is -2.23. The molecule has 0 radical (unpaired) electrons. The minimum Gasteiger partial charge on any atom is -0.616 e. The summed E-state index contributed by atoms with van der Waals surface area (Å²) in [5.74, 6) is 2.45. The molecule has 5 nitrogen and oxygen atoms in total. The largest absolute Gasteiger partial charge is 0.616 e. The fourth-order valence-corrected chi connectivity index (χ4v) is 7.86. The summed E-state index contributed by atoms with van der Waals surface area (Å²) >= 11 is 13.0. The third-order valence-corrected chi connectivity index (χ3v) is 11.0. The Kier molecular flexibility index (Phi) is 14.0. The van der Waals surface area contributed by atoms with Gasteiger partial charge in [-0.1, -0.05) is 49.8 Å². The summed E-state index contributed by atoms with van der Waals surface area (Å²) in [7, 11) is 0. The summed E-state index contributed by atoms with van der Waals surface area (Å²) in [6, 6.07) is 13.9. The van der Waals surface area contributed by atoms with E-state index in [0.29, 0.717) is 18.2 Å². The number of hydrogen-bond donors (Lipinski definition) is 2. The van der Waals surface area contributed by atoms with Crippen LogP contribution in [0, 0.1) is 0 Å². The minimum atomic E-state index is -0.743. The van der Waals surface area contributed by atoms with Gasteiger partial charge in [0.25, 0.3) is 0 Å². The van der Waals surface area contributed by atoms with Crippen LogP contribution in [0.5, 0.6) is 11.5 Å². The van der Waals surface area contributed by atoms with Crippen LogP contribution >= 0.6 is 63.7 Å². The van der Waals surface area contributed by atoms with Gasteiger partial charge < -0.3 is 25.5 Å². The lowest BCUT2D eigenvalue weighted by atomic mass is 10.1. The van der Waals surface area contributed by atoms with Gasteiger partial charge in [-0.3, -0.25) is 0 Å². The summed E-state index contributed by atoms with van der Waals surface area (Å²) < 4.78 is 26.5. The molecule has 0 saturated carbocycles. The molecule has 3 aromatic carbocycles. The van der Waals surface area contributed by atoms with Crippen molar-refractivity contribution in [2.24, 2.45) is 0 Å². The van der Waals surface area contributed by atoms with Crippen LogP contribution in [0.25, 0.3) is 11.1 Å². The third-order valence-electron chi connectivity index (χ3n) is 6.60. The van der Waals surface area contributed by atoms with E-state index in [1.165, 1.54) is 37.7 Å². The van der Waals surface area contributed by atoms with Crippen molar-refractivity contribution in [1.82, 2.24) is 0 Å². The van der Waals surface area contributed by atoms with E-state index < -0.39 is 11.2 Å². The maximum Gasteiger partial charge on any atom is 0.231 e. The average Bonchev–Trinajstić information content (AvgIpc) is 3.40. The molecular weight excluding hydrogens is 788 g/mol. The standard InChI is InChI=1S/C18H28O3S.C12H8Br4N2/c1-3-4-5-6-7-8-11-22(19)15(2)12-16-9-10-17-18(13-16)21-14-20-17;13-7-1-5(2-8(14)11(7)17)6-3-9(15)12(18)10(16)4-6/h9-10,13,15H,3-8,11-12,14H2,1-2H3;1-4H,17-18H2. The fraction of sp³-hybridized carbons (Fsp3) is 0.400. The molecule has 0 aliphatic carbocycles. The first kappa shape index (κ1) is 33.6. The van der Waals surface area contributed by atoms with Crippen molar-refractivity contribution in [3.8, 4) is 22.6 Å². The van der Waals surface area contributed by atoms with Crippen molar-refractivity contribution in [2.75, 3.05) is 24.0 Å². The van der Waals surface area contributed by atoms with Gasteiger partial charge in [0.1, 0.15) is 11.0 Å². The molecule has 1 aliphatic heterocycles. The Morgan fingerprint density at radius 2 is 1.27 bits per heavy atom. The number of nitrogen functional groups attached to an aromatic ring is 2. The van der Waals surface area contributed by atoms with E-state index in [1.807, 2.05) is 42.5 Å². The first-order valence-corrected chi connectivity index (χ1v) is 17.9. The Balaban J connectivity index is 0.000000225. The van der Waals surface area contributed by atoms with Crippen LogP contribution < -0.4 is 20.9 Å². The highest BCUT2D eigenvalue weighted by molar-refractivity contribution is 9.11. The Bertz CT molecular complexity index is 1180. The second-order valence-corrected chi connectivity index (χ2v) is 15.2. The van der Waals surface area contributed by atoms with Gasteiger partial charge in [-0.25, -0.2) is 0 Å². The van der Waals surface area contributed by atoms with Crippen molar-refractivity contribution in [2.45, 2.75) is 64.0 Å². The molecule has 0 spiro atoms. The molecule has 0 fully saturated rings. The van der Waals surface area contributed by atoms with Gasteiger partial charge in [0.05, 0.1) is 11.4 Å². The van der Waals surface area contributed by atoms with E-state index in [9.17, 15) is 4.55 Å². The molecule has 218 valence electrons. The van der Waals surface area contributed by atoms with E-state index in [1.54, 1.807) is 0 Å². The van der Waals surface area contributed by atoms with E-state index in [4.69, 9.17) is 20.9 Å². The van der Waals surface area contributed by atoms with Crippen LogP contribution in [0.4, 0.5) is 11.4 Å². The lowest BCUT2D eigenvalue weighted by Gasteiger charge is -2.18. The van der Waals surface area contributed by atoms with Crippen LogP contribution in [0.15, 0.2) is 60.4 Å². The maximum atomic E-state index is 12.3. The summed E-state index contributed by atoms with van der Waals surface area (Å²) in [5.41, 5.74) is 16.4.